The molecule has 3 aromatic rings. The molecule has 3 heterocycles. The molecule has 2 N–H and O–H groups in total. The van der Waals surface area contributed by atoms with Crippen molar-refractivity contribution >= 4 is 16.8 Å². The maximum absolute atomic E-state index is 5.90. The van der Waals surface area contributed by atoms with Crippen molar-refractivity contribution in [3.63, 3.8) is 0 Å². The summed E-state index contributed by atoms with van der Waals surface area (Å²) in [6.45, 7) is 3.43. The van der Waals surface area contributed by atoms with E-state index in [4.69, 9.17) is 10.2 Å². The molecule has 0 bridgehead atoms. The minimum absolute atomic E-state index is 0.659. The number of fused-ring (bicyclic) bond motifs is 2. The number of hydrogen-bond acceptors (Lipinski definition) is 5. The summed E-state index contributed by atoms with van der Waals surface area (Å²) in [5.41, 5.74) is 8.06. The molecule has 6 heteroatoms. The molecule has 0 radical (unpaired) electrons. The number of rotatable bonds is 2. The van der Waals surface area contributed by atoms with Gasteiger partial charge in [0, 0.05) is 25.5 Å². The number of anilines is 1. The van der Waals surface area contributed by atoms with Crippen LogP contribution in [0.2, 0.25) is 0 Å². The predicted octanol–water partition coefficient (Wildman–Crippen LogP) is 1.62. The first kappa shape index (κ1) is 11.5. The van der Waals surface area contributed by atoms with Crippen molar-refractivity contribution in [2.45, 2.75) is 19.6 Å². The van der Waals surface area contributed by atoms with Crippen LogP contribution in [-0.2, 0) is 19.6 Å². The van der Waals surface area contributed by atoms with E-state index in [1.165, 1.54) is 0 Å². The molecule has 0 spiro atoms. The largest absolute Gasteiger partial charge is 0.439 e. The van der Waals surface area contributed by atoms with Gasteiger partial charge in [-0.25, -0.2) is 9.97 Å². The summed E-state index contributed by atoms with van der Waals surface area (Å²) in [6.07, 6.45) is 3.87. The molecular weight excluding hydrogens is 254 g/mol. The van der Waals surface area contributed by atoms with Crippen LogP contribution in [0.25, 0.3) is 11.1 Å². The van der Waals surface area contributed by atoms with Crippen LogP contribution < -0.4 is 5.73 Å². The third-order valence-corrected chi connectivity index (χ3v) is 3.68. The third-order valence-electron chi connectivity index (χ3n) is 3.68. The van der Waals surface area contributed by atoms with E-state index in [0.717, 1.165) is 36.6 Å². The predicted molar refractivity (Wildman–Crippen MR) is 74.8 cm³/mol. The zero-order chi connectivity index (χ0) is 13.5. The average molecular weight is 269 g/mol. The van der Waals surface area contributed by atoms with Crippen LogP contribution in [-0.4, -0.2) is 26.0 Å². The smallest absolute Gasteiger partial charge is 0.209 e. The second-order valence-electron chi connectivity index (χ2n) is 5.05. The van der Waals surface area contributed by atoms with E-state index in [0.29, 0.717) is 18.1 Å². The van der Waals surface area contributed by atoms with Crippen LogP contribution in [0, 0.1) is 0 Å². The zero-order valence-electron chi connectivity index (χ0n) is 11.0. The van der Waals surface area contributed by atoms with Crippen LogP contribution >= 0.6 is 0 Å². The summed E-state index contributed by atoms with van der Waals surface area (Å²) < 4.78 is 7.94. The summed E-state index contributed by atoms with van der Waals surface area (Å²) >= 11 is 0. The molecular formula is C14H15N5O. The highest BCUT2D eigenvalue weighted by molar-refractivity contribution is 5.85. The van der Waals surface area contributed by atoms with Crippen LogP contribution in [0.1, 0.15) is 11.7 Å². The number of nitrogen functional groups attached to an aromatic ring is 1. The van der Waals surface area contributed by atoms with Gasteiger partial charge in [-0.15, -0.1) is 0 Å². The lowest BCUT2D eigenvalue weighted by atomic mass is 10.3. The van der Waals surface area contributed by atoms with Gasteiger partial charge in [-0.2, -0.15) is 0 Å². The molecule has 0 aliphatic carbocycles. The monoisotopic (exact) mass is 269 g/mol. The summed E-state index contributed by atoms with van der Waals surface area (Å²) in [7, 11) is 0. The van der Waals surface area contributed by atoms with Gasteiger partial charge in [0.1, 0.15) is 11.3 Å². The summed E-state index contributed by atoms with van der Waals surface area (Å²) in [6, 6.07) is 5.61. The molecule has 2 aromatic heterocycles. The van der Waals surface area contributed by atoms with Crippen molar-refractivity contribution in [2.24, 2.45) is 0 Å². The molecule has 0 unspecified atom stereocenters. The van der Waals surface area contributed by atoms with E-state index in [1.807, 2.05) is 30.6 Å². The molecule has 4 rings (SSSR count). The van der Waals surface area contributed by atoms with E-state index in [9.17, 15) is 0 Å². The molecule has 1 aliphatic rings. The first-order chi connectivity index (χ1) is 9.79. The van der Waals surface area contributed by atoms with E-state index < -0.39 is 0 Å². The Labute approximate surface area is 115 Å². The van der Waals surface area contributed by atoms with Crippen molar-refractivity contribution in [1.29, 1.82) is 0 Å². The number of benzene rings is 1. The Morgan fingerprint density at radius 1 is 1.30 bits per heavy atom. The van der Waals surface area contributed by atoms with E-state index >= 15 is 0 Å². The number of nitrogens with two attached hydrogens (primary N) is 1. The highest BCUT2D eigenvalue weighted by atomic mass is 16.3. The molecule has 0 saturated heterocycles. The number of aromatic nitrogens is 3. The lowest BCUT2D eigenvalue weighted by molar-refractivity contribution is 0.192. The van der Waals surface area contributed by atoms with Gasteiger partial charge < -0.3 is 14.7 Å². The van der Waals surface area contributed by atoms with Gasteiger partial charge in [0.05, 0.1) is 18.8 Å². The molecule has 102 valence electrons. The van der Waals surface area contributed by atoms with E-state index in [1.54, 1.807) is 0 Å². The molecule has 0 atom stereocenters. The van der Waals surface area contributed by atoms with Crippen LogP contribution in [0.4, 0.5) is 5.69 Å². The minimum Gasteiger partial charge on any atom is -0.439 e. The molecule has 1 aromatic carbocycles. The first-order valence-electron chi connectivity index (χ1n) is 6.66. The molecule has 0 saturated carbocycles. The zero-order valence-corrected chi connectivity index (χ0v) is 11.0. The minimum atomic E-state index is 0.659. The molecule has 1 aliphatic heterocycles. The van der Waals surface area contributed by atoms with Gasteiger partial charge in [-0.05, 0) is 12.1 Å². The third kappa shape index (κ3) is 1.85. The number of imidazole rings is 1. The van der Waals surface area contributed by atoms with Crippen molar-refractivity contribution in [1.82, 2.24) is 19.4 Å². The Hall–Kier alpha value is -2.34. The summed E-state index contributed by atoms with van der Waals surface area (Å²) in [4.78, 5) is 11.1. The van der Waals surface area contributed by atoms with Gasteiger partial charge in [-0.3, -0.25) is 4.90 Å². The summed E-state index contributed by atoms with van der Waals surface area (Å²) in [5, 5.41) is 0. The number of nitrogens with zero attached hydrogens (tertiary/aromatic N) is 4. The standard InChI is InChI=1S/C14H15N5O/c15-10-2-1-3-11-14(10)17-13(20-11)9-18-6-7-19-5-4-16-12(19)8-18/h1-5H,6-9,15H2. The maximum Gasteiger partial charge on any atom is 0.209 e. The number of hydrogen-bond donors (Lipinski definition) is 1. The highest BCUT2D eigenvalue weighted by Gasteiger charge is 2.19. The summed E-state index contributed by atoms with van der Waals surface area (Å²) in [5.74, 6) is 1.80. The average Bonchev–Trinajstić information content (AvgIpc) is 3.05. The Bertz CT molecular complexity index is 760. The Kier molecular flexibility index (Phi) is 2.50. The topological polar surface area (TPSA) is 73.1 Å². The molecule has 0 amide bonds. The van der Waals surface area contributed by atoms with Crippen LogP contribution in [0.3, 0.4) is 0 Å². The second kappa shape index (κ2) is 4.35. The quantitative estimate of drug-likeness (QED) is 0.716. The Morgan fingerprint density at radius 2 is 2.25 bits per heavy atom. The van der Waals surface area contributed by atoms with Gasteiger partial charge >= 0.3 is 0 Å². The Morgan fingerprint density at radius 3 is 3.15 bits per heavy atom. The van der Waals surface area contributed by atoms with Crippen molar-refractivity contribution < 1.29 is 4.42 Å². The number of oxazole rings is 1. The SMILES string of the molecule is Nc1cccc2oc(CN3CCn4ccnc4C3)nc12. The second-order valence-corrected chi connectivity index (χ2v) is 5.05. The van der Waals surface area contributed by atoms with Gasteiger partial charge in [-0.1, -0.05) is 6.07 Å². The van der Waals surface area contributed by atoms with Gasteiger partial charge in [0.25, 0.3) is 0 Å². The molecule has 0 fully saturated rings. The maximum atomic E-state index is 5.90. The fraction of sp³-hybridized carbons (Fsp3) is 0.286. The van der Waals surface area contributed by atoms with Crippen molar-refractivity contribution in [2.75, 3.05) is 12.3 Å². The highest BCUT2D eigenvalue weighted by Crippen LogP contribution is 2.22. The number of para-hydroxylation sites is 1. The fourth-order valence-electron chi connectivity index (χ4n) is 2.63. The van der Waals surface area contributed by atoms with Crippen molar-refractivity contribution in [3.05, 3.63) is 42.3 Å². The molecule has 20 heavy (non-hydrogen) atoms. The van der Waals surface area contributed by atoms with Crippen LogP contribution in [0.15, 0.2) is 35.0 Å². The Balaban J connectivity index is 1.58. The van der Waals surface area contributed by atoms with Crippen molar-refractivity contribution in [3.8, 4) is 0 Å². The van der Waals surface area contributed by atoms with Gasteiger partial charge in [0.15, 0.2) is 5.58 Å². The fourth-order valence-corrected chi connectivity index (χ4v) is 2.63. The normalized spacial score (nSPS) is 15.6. The van der Waals surface area contributed by atoms with E-state index in [2.05, 4.69) is 19.4 Å². The lowest BCUT2D eigenvalue weighted by Crippen LogP contribution is -2.33. The van der Waals surface area contributed by atoms with Gasteiger partial charge in [0.2, 0.25) is 5.89 Å². The first-order valence-corrected chi connectivity index (χ1v) is 6.66. The lowest BCUT2D eigenvalue weighted by Gasteiger charge is -2.26. The van der Waals surface area contributed by atoms with E-state index in [-0.39, 0.29) is 0 Å². The molecule has 6 nitrogen and oxygen atoms in total. The van der Waals surface area contributed by atoms with Crippen LogP contribution in [0.5, 0.6) is 0 Å².